The molecule has 4 heteroatoms. The number of benzene rings is 1. The minimum atomic E-state index is -0.231. The predicted molar refractivity (Wildman–Crippen MR) is 64.9 cm³/mol. The molecule has 0 aliphatic rings. The van der Waals surface area contributed by atoms with Gasteiger partial charge >= 0.3 is 0 Å². The Morgan fingerprint density at radius 3 is 2.82 bits per heavy atom. The third-order valence-electron chi connectivity index (χ3n) is 2.29. The molecule has 1 N–H and O–H groups in total. The first kappa shape index (κ1) is 11.1. The standard InChI is InChI=1S/C13H12N2O2/c1-10-5-2-3-7-12(10)13(16)15-14-9-11-6-4-8-17-11/h2-9H,1H3,(H,15,16)/b14-9+. The maximum absolute atomic E-state index is 11.7. The molecule has 2 rings (SSSR count). The van der Waals surface area contributed by atoms with E-state index in [0.717, 1.165) is 5.56 Å². The summed E-state index contributed by atoms with van der Waals surface area (Å²) in [5, 5.41) is 3.81. The topological polar surface area (TPSA) is 54.6 Å². The van der Waals surface area contributed by atoms with Gasteiger partial charge in [-0.2, -0.15) is 5.10 Å². The number of amides is 1. The molecule has 4 nitrogen and oxygen atoms in total. The number of aryl methyl sites for hydroxylation is 1. The van der Waals surface area contributed by atoms with Crippen molar-refractivity contribution >= 4 is 12.1 Å². The van der Waals surface area contributed by atoms with Gasteiger partial charge in [0.2, 0.25) is 0 Å². The van der Waals surface area contributed by atoms with E-state index in [2.05, 4.69) is 10.5 Å². The number of carbonyl (C=O) groups excluding carboxylic acids is 1. The molecule has 1 heterocycles. The monoisotopic (exact) mass is 228 g/mol. The largest absolute Gasteiger partial charge is 0.463 e. The molecular formula is C13H12N2O2. The van der Waals surface area contributed by atoms with Gasteiger partial charge in [0.1, 0.15) is 5.76 Å². The number of hydrogen-bond donors (Lipinski definition) is 1. The summed E-state index contributed by atoms with van der Waals surface area (Å²) in [6.07, 6.45) is 3.00. The maximum atomic E-state index is 11.7. The van der Waals surface area contributed by atoms with Crippen LogP contribution in [0.3, 0.4) is 0 Å². The summed E-state index contributed by atoms with van der Waals surface area (Å²) in [4.78, 5) is 11.7. The molecular weight excluding hydrogens is 216 g/mol. The van der Waals surface area contributed by atoms with Gasteiger partial charge in [0.05, 0.1) is 12.5 Å². The zero-order valence-electron chi connectivity index (χ0n) is 9.38. The van der Waals surface area contributed by atoms with Crippen LogP contribution >= 0.6 is 0 Å². The molecule has 0 saturated heterocycles. The maximum Gasteiger partial charge on any atom is 0.271 e. The summed E-state index contributed by atoms with van der Waals surface area (Å²) in [5.74, 6) is 0.362. The van der Waals surface area contributed by atoms with Gasteiger partial charge in [-0.15, -0.1) is 0 Å². The number of furan rings is 1. The first-order valence-electron chi connectivity index (χ1n) is 5.20. The first-order chi connectivity index (χ1) is 8.27. The minimum absolute atomic E-state index is 0.231. The van der Waals surface area contributed by atoms with E-state index < -0.39 is 0 Å². The Bertz CT molecular complexity index is 530. The van der Waals surface area contributed by atoms with Gasteiger partial charge in [-0.25, -0.2) is 5.43 Å². The average Bonchev–Trinajstić information content (AvgIpc) is 2.82. The highest BCUT2D eigenvalue weighted by Gasteiger charge is 2.05. The molecule has 86 valence electrons. The lowest BCUT2D eigenvalue weighted by Crippen LogP contribution is -2.18. The van der Waals surface area contributed by atoms with Crippen LogP contribution in [0.4, 0.5) is 0 Å². The van der Waals surface area contributed by atoms with E-state index in [9.17, 15) is 4.79 Å². The second-order valence-corrected chi connectivity index (χ2v) is 3.53. The lowest BCUT2D eigenvalue weighted by Gasteiger charge is -2.02. The van der Waals surface area contributed by atoms with E-state index in [1.165, 1.54) is 6.21 Å². The number of carbonyl (C=O) groups is 1. The van der Waals surface area contributed by atoms with Crippen LogP contribution in [0.1, 0.15) is 21.7 Å². The fraction of sp³-hybridized carbons (Fsp3) is 0.0769. The van der Waals surface area contributed by atoms with Crippen LogP contribution in [0.15, 0.2) is 52.2 Å². The van der Waals surface area contributed by atoms with Gasteiger partial charge in [-0.1, -0.05) is 18.2 Å². The van der Waals surface area contributed by atoms with Crippen LogP contribution in [0.2, 0.25) is 0 Å². The Balaban J connectivity index is 2.01. The van der Waals surface area contributed by atoms with Crippen molar-refractivity contribution in [1.29, 1.82) is 0 Å². The van der Waals surface area contributed by atoms with Gasteiger partial charge in [0, 0.05) is 5.56 Å². The SMILES string of the molecule is Cc1ccccc1C(=O)N/N=C/c1ccco1. The summed E-state index contributed by atoms with van der Waals surface area (Å²) in [6, 6.07) is 10.8. The lowest BCUT2D eigenvalue weighted by molar-refractivity contribution is 0.0954. The molecule has 0 spiro atoms. The molecule has 0 bridgehead atoms. The fourth-order valence-corrected chi connectivity index (χ4v) is 1.41. The van der Waals surface area contributed by atoms with Crippen LogP contribution in [0, 0.1) is 6.92 Å². The van der Waals surface area contributed by atoms with Crippen LogP contribution in [0.25, 0.3) is 0 Å². The smallest absolute Gasteiger partial charge is 0.271 e. The van der Waals surface area contributed by atoms with Gasteiger partial charge in [0.15, 0.2) is 0 Å². The van der Waals surface area contributed by atoms with E-state index in [0.29, 0.717) is 11.3 Å². The van der Waals surface area contributed by atoms with E-state index in [4.69, 9.17) is 4.42 Å². The Morgan fingerprint density at radius 1 is 1.29 bits per heavy atom. The van der Waals surface area contributed by atoms with E-state index in [1.807, 2.05) is 25.1 Å². The summed E-state index contributed by atoms with van der Waals surface area (Å²) >= 11 is 0. The van der Waals surface area contributed by atoms with E-state index in [1.54, 1.807) is 24.5 Å². The molecule has 0 atom stereocenters. The van der Waals surface area contributed by atoms with Crippen molar-refractivity contribution in [3.8, 4) is 0 Å². The van der Waals surface area contributed by atoms with E-state index in [-0.39, 0.29) is 5.91 Å². The van der Waals surface area contributed by atoms with E-state index >= 15 is 0 Å². The summed E-state index contributed by atoms with van der Waals surface area (Å²) in [5.41, 5.74) is 3.98. The number of hydrazone groups is 1. The second kappa shape index (κ2) is 5.12. The molecule has 0 radical (unpaired) electrons. The minimum Gasteiger partial charge on any atom is -0.463 e. The van der Waals surface area contributed by atoms with Crippen LogP contribution < -0.4 is 5.43 Å². The molecule has 2 aromatic rings. The summed E-state index contributed by atoms with van der Waals surface area (Å²) in [6.45, 7) is 1.88. The van der Waals surface area contributed by atoms with Crippen LogP contribution in [-0.2, 0) is 0 Å². The Morgan fingerprint density at radius 2 is 2.12 bits per heavy atom. The molecule has 1 aromatic heterocycles. The third kappa shape index (κ3) is 2.81. The number of nitrogens with one attached hydrogen (secondary N) is 1. The molecule has 1 aromatic carbocycles. The first-order valence-corrected chi connectivity index (χ1v) is 5.20. The molecule has 0 unspecified atom stereocenters. The Kier molecular flexibility index (Phi) is 3.35. The fourth-order valence-electron chi connectivity index (χ4n) is 1.41. The lowest BCUT2D eigenvalue weighted by atomic mass is 10.1. The number of rotatable bonds is 3. The quantitative estimate of drug-likeness (QED) is 0.647. The van der Waals surface area contributed by atoms with Crippen molar-refractivity contribution in [2.45, 2.75) is 6.92 Å². The van der Waals surface area contributed by atoms with Crippen molar-refractivity contribution in [2.24, 2.45) is 5.10 Å². The summed E-state index contributed by atoms with van der Waals surface area (Å²) < 4.78 is 5.04. The predicted octanol–water partition coefficient (Wildman–Crippen LogP) is 2.35. The van der Waals surface area contributed by atoms with Crippen molar-refractivity contribution < 1.29 is 9.21 Å². The zero-order valence-corrected chi connectivity index (χ0v) is 9.38. The van der Waals surface area contributed by atoms with Gasteiger partial charge in [-0.3, -0.25) is 4.79 Å². The summed E-state index contributed by atoms with van der Waals surface area (Å²) in [7, 11) is 0. The highest BCUT2D eigenvalue weighted by atomic mass is 16.3. The average molecular weight is 228 g/mol. The highest BCUT2D eigenvalue weighted by molar-refractivity contribution is 5.96. The molecule has 0 aliphatic carbocycles. The number of hydrogen-bond acceptors (Lipinski definition) is 3. The zero-order chi connectivity index (χ0) is 12.1. The van der Waals surface area contributed by atoms with Gasteiger partial charge < -0.3 is 4.42 Å². The van der Waals surface area contributed by atoms with Gasteiger partial charge in [-0.05, 0) is 30.7 Å². The van der Waals surface area contributed by atoms with Gasteiger partial charge in [0.25, 0.3) is 5.91 Å². The molecule has 0 aliphatic heterocycles. The molecule has 17 heavy (non-hydrogen) atoms. The van der Waals surface area contributed by atoms with Crippen molar-refractivity contribution in [2.75, 3.05) is 0 Å². The normalized spacial score (nSPS) is 10.6. The van der Waals surface area contributed by atoms with Crippen LogP contribution in [0.5, 0.6) is 0 Å². The molecule has 1 amide bonds. The third-order valence-corrected chi connectivity index (χ3v) is 2.29. The van der Waals surface area contributed by atoms with Crippen molar-refractivity contribution in [1.82, 2.24) is 5.43 Å². The number of nitrogens with zero attached hydrogens (tertiary/aromatic N) is 1. The Hall–Kier alpha value is -2.36. The Labute approximate surface area is 99.0 Å². The highest BCUT2D eigenvalue weighted by Crippen LogP contribution is 2.06. The second-order valence-electron chi connectivity index (χ2n) is 3.53. The van der Waals surface area contributed by atoms with Crippen molar-refractivity contribution in [3.63, 3.8) is 0 Å². The van der Waals surface area contributed by atoms with Crippen LogP contribution in [-0.4, -0.2) is 12.1 Å². The molecule has 0 fully saturated rings. The van der Waals surface area contributed by atoms with Crippen molar-refractivity contribution in [3.05, 3.63) is 59.5 Å². The molecule has 0 saturated carbocycles.